The Kier molecular flexibility index (Phi) is 6.23. The van der Waals surface area contributed by atoms with Gasteiger partial charge in [-0.05, 0) is 29.8 Å². The summed E-state index contributed by atoms with van der Waals surface area (Å²) in [7, 11) is 1.52. The van der Waals surface area contributed by atoms with Gasteiger partial charge in [-0.15, -0.1) is 0 Å². The van der Waals surface area contributed by atoms with E-state index < -0.39 is 0 Å². The van der Waals surface area contributed by atoms with E-state index >= 15 is 0 Å². The second-order valence-corrected chi connectivity index (χ2v) is 5.79. The van der Waals surface area contributed by atoms with Gasteiger partial charge in [-0.25, -0.2) is 9.37 Å². The maximum Gasteiger partial charge on any atom is 0.263 e. The highest BCUT2D eigenvalue weighted by atomic mass is 19.1. The minimum atomic E-state index is -0.349. The number of nitrogens with zero attached hydrogens (tertiary/aromatic N) is 2. The minimum absolute atomic E-state index is 0.00184. The van der Waals surface area contributed by atoms with Crippen LogP contribution in [0.3, 0.4) is 0 Å². The molecule has 28 heavy (non-hydrogen) atoms. The monoisotopic (exact) mass is 385 g/mol. The number of halogens is 1. The van der Waals surface area contributed by atoms with Crippen LogP contribution in [0.4, 0.5) is 10.2 Å². The van der Waals surface area contributed by atoms with Gasteiger partial charge in [0.05, 0.1) is 13.7 Å². The van der Waals surface area contributed by atoms with Gasteiger partial charge < -0.3 is 25.1 Å². The van der Waals surface area contributed by atoms with Crippen LogP contribution >= 0.6 is 0 Å². The largest absolute Gasteiger partial charge is 0.493 e. The summed E-state index contributed by atoms with van der Waals surface area (Å²) >= 11 is 0. The lowest BCUT2D eigenvalue weighted by atomic mass is 10.1. The standard InChI is InChI=1S/C20H20FN3O4/c1-26-15-7-2-3-8-16(15)28-18-19(22)23-17(24-20(18)27-10-9-25)12-13-5-4-6-14(21)11-13/h2-8,11,25H,9-10,12H2,1H3,(H2,22,23,24). The number of ether oxygens (including phenoxy) is 3. The average Bonchev–Trinajstić information content (AvgIpc) is 2.69. The van der Waals surface area contributed by atoms with E-state index in [-0.39, 0.29) is 42.9 Å². The molecule has 0 amide bonds. The molecule has 8 heteroatoms. The molecule has 0 aliphatic carbocycles. The molecule has 0 saturated heterocycles. The van der Waals surface area contributed by atoms with Crippen molar-refractivity contribution in [1.82, 2.24) is 9.97 Å². The van der Waals surface area contributed by atoms with Gasteiger partial charge in [0, 0.05) is 6.42 Å². The van der Waals surface area contributed by atoms with Crippen molar-refractivity contribution in [1.29, 1.82) is 0 Å². The molecule has 2 aromatic carbocycles. The number of hydrogen-bond donors (Lipinski definition) is 2. The Morgan fingerprint density at radius 3 is 2.57 bits per heavy atom. The highest BCUT2D eigenvalue weighted by Crippen LogP contribution is 2.38. The number of aromatic nitrogens is 2. The summed E-state index contributed by atoms with van der Waals surface area (Å²) < 4.78 is 30.0. The maximum atomic E-state index is 13.4. The summed E-state index contributed by atoms with van der Waals surface area (Å²) in [6.45, 7) is -0.213. The zero-order valence-electron chi connectivity index (χ0n) is 15.3. The highest BCUT2D eigenvalue weighted by Gasteiger charge is 2.18. The molecule has 0 saturated carbocycles. The van der Waals surface area contributed by atoms with Crippen LogP contribution in [0.25, 0.3) is 0 Å². The number of aliphatic hydroxyl groups excluding tert-OH is 1. The summed E-state index contributed by atoms with van der Waals surface area (Å²) in [6, 6.07) is 13.1. The van der Waals surface area contributed by atoms with Gasteiger partial charge in [-0.2, -0.15) is 4.98 Å². The normalized spacial score (nSPS) is 10.5. The first-order chi connectivity index (χ1) is 13.6. The smallest absolute Gasteiger partial charge is 0.263 e. The van der Waals surface area contributed by atoms with Crippen molar-refractivity contribution in [3.63, 3.8) is 0 Å². The highest BCUT2D eigenvalue weighted by molar-refractivity contribution is 5.56. The molecule has 3 rings (SSSR count). The third kappa shape index (κ3) is 4.66. The molecule has 146 valence electrons. The fourth-order valence-electron chi connectivity index (χ4n) is 2.55. The first-order valence-electron chi connectivity index (χ1n) is 8.56. The van der Waals surface area contributed by atoms with Crippen LogP contribution in [0.5, 0.6) is 23.1 Å². The van der Waals surface area contributed by atoms with E-state index in [1.807, 2.05) is 0 Å². The maximum absolute atomic E-state index is 13.4. The van der Waals surface area contributed by atoms with E-state index in [2.05, 4.69) is 9.97 Å². The number of anilines is 1. The number of rotatable bonds is 8. The van der Waals surface area contributed by atoms with E-state index in [9.17, 15) is 4.39 Å². The molecule has 0 fully saturated rings. The average molecular weight is 385 g/mol. The summed E-state index contributed by atoms with van der Waals surface area (Å²) in [4.78, 5) is 8.59. The lowest BCUT2D eigenvalue weighted by molar-refractivity contribution is 0.192. The van der Waals surface area contributed by atoms with Crippen LogP contribution in [-0.2, 0) is 6.42 Å². The second kappa shape index (κ2) is 9.01. The lowest BCUT2D eigenvalue weighted by Crippen LogP contribution is -2.10. The van der Waals surface area contributed by atoms with Crippen molar-refractivity contribution >= 4 is 5.82 Å². The molecule has 1 heterocycles. The minimum Gasteiger partial charge on any atom is -0.493 e. The predicted molar refractivity (Wildman–Crippen MR) is 101 cm³/mol. The fraction of sp³-hybridized carbons (Fsp3) is 0.200. The van der Waals surface area contributed by atoms with E-state index in [0.717, 1.165) is 0 Å². The number of hydrogen-bond acceptors (Lipinski definition) is 7. The van der Waals surface area contributed by atoms with E-state index in [1.165, 1.54) is 19.2 Å². The molecule has 0 aliphatic heterocycles. The molecule has 0 aliphatic rings. The van der Waals surface area contributed by atoms with Crippen LogP contribution in [0, 0.1) is 5.82 Å². The Labute approximate surface area is 161 Å². The number of aliphatic hydroxyl groups is 1. The van der Waals surface area contributed by atoms with E-state index in [0.29, 0.717) is 22.9 Å². The van der Waals surface area contributed by atoms with Gasteiger partial charge in [-0.1, -0.05) is 24.3 Å². The van der Waals surface area contributed by atoms with Crippen LogP contribution < -0.4 is 19.9 Å². The first kappa shape index (κ1) is 19.4. The predicted octanol–water partition coefficient (Wildman–Crippen LogP) is 2.96. The fourth-order valence-corrected chi connectivity index (χ4v) is 2.55. The molecule has 0 unspecified atom stereocenters. The van der Waals surface area contributed by atoms with Crippen molar-refractivity contribution in [3.05, 3.63) is 65.7 Å². The summed E-state index contributed by atoms with van der Waals surface area (Å²) in [5.41, 5.74) is 6.77. The molecule has 0 radical (unpaired) electrons. The number of para-hydroxylation sites is 2. The summed E-state index contributed by atoms with van der Waals surface area (Å²) in [5.74, 6) is 1.15. The second-order valence-electron chi connectivity index (χ2n) is 5.79. The number of nitrogens with two attached hydrogens (primary N) is 1. The zero-order chi connectivity index (χ0) is 19.9. The summed E-state index contributed by atoms with van der Waals surface area (Å²) in [6.07, 6.45) is 0.256. The molecule has 0 spiro atoms. The van der Waals surface area contributed by atoms with Crippen molar-refractivity contribution in [3.8, 4) is 23.1 Å². The van der Waals surface area contributed by atoms with Gasteiger partial charge >= 0.3 is 0 Å². The van der Waals surface area contributed by atoms with Gasteiger partial charge in [0.1, 0.15) is 18.2 Å². The van der Waals surface area contributed by atoms with Crippen LogP contribution in [0.15, 0.2) is 48.5 Å². The zero-order valence-corrected chi connectivity index (χ0v) is 15.3. The van der Waals surface area contributed by atoms with E-state index in [1.54, 1.807) is 36.4 Å². The van der Waals surface area contributed by atoms with Crippen LogP contribution in [-0.4, -0.2) is 35.4 Å². The Morgan fingerprint density at radius 1 is 1.07 bits per heavy atom. The SMILES string of the molecule is COc1ccccc1Oc1c(N)nc(Cc2cccc(F)c2)nc1OCCO. The van der Waals surface area contributed by atoms with Crippen molar-refractivity contribution < 1.29 is 23.7 Å². The topological polar surface area (TPSA) is 99.7 Å². The van der Waals surface area contributed by atoms with Crippen molar-refractivity contribution in [2.24, 2.45) is 0 Å². The van der Waals surface area contributed by atoms with Crippen LogP contribution in [0.2, 0.25) is 0 Å². The van der Waals surface area contributed by atoms with Crippen molar-refractivity contribution in [2.75, 3.05) is 26.1 Å². The summed E-state index contributed by atoms with van der Waals surface area (Å²) in [5, 5.41) is 9.09. The first-order valence-corrected chi connectivity index (χ1v) is 8.56. The molecular formula is C20H20FN3O4. The van der Waals surface area contributed by atoms with Gasteiger partial charge in [0.25, 0.3) is 5.88 Å². The van der Waals surface area contributed by atoms with E-state index in [4.69, 9.17) is 25.1 Å². The number of nitrogen functional groups attached to an aromatic ring is 1. The Morgan fingerprint density at radius 2 is 1.86 bits per heavy atom. The number of methoxy groups -OCH3 is 1. The number of benzene rings is 2. The van der Waals surface area contributed by atoms with Crippen molar-refractivity contribution in [2.45, 2.75) is 6.42 Å². The van der Waals surface area contributed by atoms with Crippen LogP contribution in [0.1, 0.15) is 11.4 Å². The lowest BCUT2D eigenvalue weighted by Gasteiger charge is -2.15. The Bertz CT molecular complexity index is 952. The van der Waals surface area contributed by atoms with Gasteiger partial charge in [0.15, 0.2) is 17.3 Å². The molecule has 0 bridgehead atoms. The van der Waals surface area contributed by atoms with Gasteiger partial charge in [-0.3, -0.25) is 0 Å². The molecule has 0 atom stereocenters. The molecule has 3 aromatic rings. The third-order valence-electron chi connectivity index (χ3n) is 3.77. The molecule has 1 aromatic heterocycles. The molecule has 7 nitrogen and oxygen atoms in total. The Hall–Kier alpha value is -3.39. The quantitative estimate of drug-likeness (QED) is 0.615. The Balaban J connectivity index is 1.95. The molecular weight excluding hydrogens is 365 g/mol. The van der Waals surface area contributed by atoms with Gasteiger partial charge in [0.2, 0.25) is 5.75 Å². The third-order valence-corrected chi connectivity index (χ3v) is 3.77. The molecule has 3 N–H and O–H groups in total.